The van der Waals surface area contributed by atoms with Crippen molar-refractivity contribution >= 4 is 31.2 Å². The van der Waals surface area contributed by atoms with Gasteiger partial charge in [-0.05, 0) is 18.2 Å². The second-order valence-corrected chi connectivity index (χ2v) is 13.1. The minimum absolute atomic E-state index is 0.0420. The van der Waals surface area contributed by atoms with E-state index < -0.39 is 20.0 Å². The number of ether oxygens (including phenoxy) is 1. The van der Waals surface area contributed by atoms with Crippen LogP contribution >= 0.6 is 0 Å². The molecular weight excluding hydrogens is 374 g/mol. The maximum Gasteiger partial charge on any atom is 0.335 e. The van der Waals surface area contributed by atoms with Crippen LogP contribution in [0.3, 0.4) is 0 Å². The van der Waals surface area contributed by atoms with Crippen molar-refractivity contribution in [3.63, 3.8) is 0 Å². The van der Waals surface area contributed by atoms with E-state index in [9.17, 15) is 9.59 Å². The summed E-state index contributed by atoms with van der Waals surface area (Å²) in [6, 6.07) is 10.1. The Morgan fingerprint density at radius 2 is 1.75 bits per heavy atom. The molecule has 0 bridgehead atoms. The van der Waals surface area contributed by atoms with Crippen molar-refractivity contribution in [2.75, 3.05) is 18.2 Å². The van der Waals surface area contributed by atoms with Gasteiger partial charge in [0.15, 0.2) is 0 Å². The molecule has 2 rings (SSSR count). The van der Waals surface area contributed by atoms with Crippen molar-refractivity contribution in [2.24, 2.45) is 0 Å². The molecule has 0 saturated carbocycles. The summed E-state index contributed by atoms with van der Waals surface area (Å²) in [5, 5.41) is 8.98. The summed E-state index contributed by atoms with van der Waals surface area (Å²) >= 11 is 0. The van der Waals surface area contributed by atoms with E-state index in [4.69, 9.17) is 9.84 Å². The highest BCUT2D eigenvalue weighted by atomic mass is 28.3. The molecule has 0 fully saturated rings. The average molecular weight is 400 g/mol. The van der Waals surface area contributed by atoms with Gasteiger partial charge < -0.3 is 9.84 Å². The predicted octanol–water partition coefficient (Wildman–Crippen LogP) is 3.53. The van der Waals surface area contributed by atoms with Gasteiger partial charge in [0.2, 0.25) is 5.82 Å². The van der Waals surface area contributed by atoms with Gasteiger partial charge in [-0.3, -0.25) is 9.69 Å². The molecule has 1 N–H and O–H groups in total. The molecule has 1 aromatic carbocycles. The molecule has 0 atom stereocenters. The Morgan fingerprint density at radius 1 is 1.14 bits per heavy atom. The first kappa shape index (κ1) is 21.5. The topological polar surface area (TPSA) is 92.6 Å². The number of hydrogen-bond acceptors (Lipinski definition) is 5. The van der Waals surface area contributed by atoms with Crippen LogP contribution in [0.15, 0.2) is 49.3 Å². The molecule has 0 radical (unpaired) electrons. The number of aliphatic carboxylic acids is 1. The number of carboxylic acids is 1. The number of amides is 1. The number of carboxylic acid groups (broad SMARTS) is 1. The molecule has 28 heavy (non-hydrogen) atoms. The molecule has 148 valence electrons. The minimum atomic E-state index is -1.24. The Hall–Kier alpha value is -2.84. The first-order valence-corrected chi connectivity index (χ1v) is 12.6. The summed E-state index contributed by atoms with van der Waals surface area (Å²) in [6.45, 7) is 10.9. The van der Waals surface area contributed by atoms with Crippen LogP contribution in [0.1, 0.15) is 16.2 Å². The third-order valence-electron chi connectivity index (χ3n) is 3.98. The maximum atomic E-state index is 12.9. The Kier molecular flexibility index (Phi) is 7.19. The lowest BCUT2D eigenvalue weighted by atomic mass is 10.2. The Balaban J connectivity index is 2.17. The highest BCUT2D eigenvalue weighted by Crippen LogP contribution is 2.17. The number of rotatable bonds is 9. The van der Waals surface area contributed by atoms with Crippen molar-refractivity contribution in [3.05, 3.63) is 60.7 Å². The van der Waals surface area contributed by atoms with Crippen molar-refractivity contribution < 1.29 is 19.4 Å². The summed E-state index contributed by atoms with van der Waals surface area (Å²) in [7, 11) is -1.24. The fourth-order valence-electron chi connectivity index (χ4n) is 2.23. The smallest absolute Gasteiger partial charge is 0.335 e. The molecule has 8 heteroatoms. The van der Waals surface area contributed by atoms with Crippen molar-refractivity contribution in [3.8, 4) is 0 Å². The van der Waals surface area contributed by atoms with Crippen LogP contribution in [0.4, 0.5) is 5.69 Å². The molecule has 0 spiro atoms. The second-order valence-electron chi connectivity index (χ2n) is 7.50. The summed E-state index contributed by atoms with van der Waals surface area (Å²) < 4.78 is 5.75. The Labute approximate surface area is 165 Å². The van der Waals surface area contributed by atoms with E-state index >= 15 is 0 Å². The molecule has 1 amide bonds. The quantitative estimate of drug-likeness (QED) is 0.300. The van der Waals surface area contributed by atoms with E-state index in [1.165, 1.54) is 17.3 Å². The first-order valence-electron chi connectivity index (χ1n) is 8.88. The molecule has 2 aromatic rings. The largest absolute Gasteiger partial charge is 0.478 e. The fourth-order valence-corrected chi connectivity index (χ4v) is 2.99. The number of nitrogens with zero attached hydrogens (tertiary/aromatic N) is 3. The van der Waals surface area contributed by atoms with Gasteiger partial charge in [0.1, 0.15) is 6.73 Å². The summed E-state index contributed by atoms with van der Waals surface area (Å²) in [5.74, 6) is -1.63. The van der Waals surface area contributed by atoms with Gasteiger partial charge in [-0.25, -0.2) is 14.8 Å². The van der Waals surface area contributed by atoms with Crippen LogP contribution in [0.5, 0.6) is 0 Å². The monoisotopic (exact) mass is 399 g/mol. The van der Waals surface area contributed by atoms with Crippen molar-refractivity contribution in [1.82, 2.24) is 9.97 Å². The summed E-state index contributed by atoms with van der Waals surface area (Å²) in [6.07, 6.45) is 2.57. The molecule has 0 saturated heterocycles. The van der Waals surface area contributed by atoms with Crippen LogP contribution < -0.4 is 4.90 Å². The summed E-state index contributed by atoms with van der Waals surface area (Å²) in [4.78, 5) is 33.4. The summed E-state index contributed by atoms with van der Waals surface area (Å²) in [5.41, 5.74) is 0.790. The molecular formula is C20H25N3O4Si. The van der Waals surface area contributed by atoms with Gasteiger partial charge in [0, 0.05) is 38.3 Å². The zero-order valence-corrected chi connectivity index (χ0v) is 17.4. The average Bonchev–Trinajstić information content (AvgIpc) is 2.67. The Bertz CT molecular complexity index is 833. The molecule has 7 nitrogen and oxygen atoms in total. The highest BCUT2D eigenvalue weighted by Gasteiger charge is 2.21. The first-order chi connectivity index (χ1) is 13.2. The van der Waals surface area contributed by atoms with Crippen LogP contribution in [-0.4, -0.2) is 48.4 Å². The minimum Gasteiger partial charge on any atom is -0.478 e. The number of benzene rings is 1. The normalized spacial score (nSPS) is 11.1. The molecule has 1 aromatic heterocycles. The van der Waals surface area contributed by atoms with Gasteiger partial charge in [-0.15, -0.1) is 0 Å². The number of carbonyl (C=O) groups excluding carboxylic acids is 1. The van der Waals surface area contributed by atoms with Crippen LogP contribution in [-0.2, 0) is 9.53 Å². The SMILES string of the molecule is C=C(C(=O)O)c1cnc(C(=O)N(COCC[Si](C)(C)C)c2ccccc2)nc1. The van der Waals surface area contributed by atoms with Crippen LogP contribution in [0.25, 0.3) is 5.57 Å². The lowest BCUT2D eigenvalue weighted by molar-refractivity contribution is -0.130. The third kappa shape index (κ3) is 6.10. The van der Waals surface area contributed by atoms with Crippen LogP contribution in [0.2, 0.25) is 25.7 Å². The molecule has 0 aliphatic heterocycles. The van der Waals surface area contributed by atoms with E-state index in [0.717, 1.165) is 6.04 Å². The number of carbonyl (C=O) groups is 2. The van der Waals surface area contributed by atoms with Gasteiger partial charge in [0.05, 0.1) is 5.57 Å². The second kappa shape index (κ2) is 9.38. The van der Waals surface area contributed by atoms with Gasteiger partial charge in [0.25, 0.3) is 5.91 Å². The predicted molar refractivity (Wildman–Crippen MR) is 111 cm³/mol. The highest BCUT2D eigenvalue weighted by molar-refractivity contribution is 6.76. The number of aromatic nitrogens is 2. The fraction of sp³-hybridized carbons (Fsp3) is 0.300. The van der Waals surface area contributed by atoms with Gasteiger partial charge in [-0.2, -0.15) is 0 Å². The number of hydrogen-bond donors (Lipinski definition) is 1. The number of para-hydroxylation sites is 1. The third-order valence-corrected chi connectivity index (χ3v) is 5.68. The zero-order valence-electron chi connectivity index (χ0n) is 16.4. The molecule has 1 heterocycles. The van der Waals surface area contributed by atoms with E-state index in [2.05, 4.69) is 36.2 Å². The van der Waals surface area contributed by atoms with E-state index in [-0.39, 0.29) is 23.7 Å². The Morgan fingerprint density at radius 3 is 2.29 bits per heavy atom. The van der Waals surface area contributed by atoms with Gasteiger partial charge >= 0.3 is 5.97 Å². The standard InChI is InChI=1S/C20H25N3O4Si/c1-15(20(25)26)16-12-21-18(22-13-16)19(24)23(17-8-6-5-7-9-17)14-27-10-11-28(2,3)4/h5-9,12-13H,1,10-11,14H2,2-4H3,(H,25,26). The van der Waals surface area contributed by atoms with E-state index in [1.54, 1.807) is 12.1 Å². The molecule has 0 aliphatic carbocycles. The van der Waals surface area contributed by atoms with Gasteiger partial charge in [-0.1, -0.05) is 44.4 Å². The van der Waals surface area contributed by atoms with Crippen LogP contribution in [0, 0.1) is 0 Å². The van der Waals surface area contributed by atoms with Crippen molar-refractivity contribution in [1.29, 1.82) is 0 Å². The van der Waals surface area contributed by atoms with E-state index in [1.807, 2.05) is 18.2 Å². The zero-order chi connectivity index (χ0) is 20.7. The van der Waals surface area contributed by atoms with E-state index in [0.29, 0.717) is 12.3 Å². The van der Waals surface area contributed by atoms with Crippen molar-refractivity contribution in [2.45, 2.75) is 25.7 Å². The lowest BCUT2D eigenvalue weighted by Crippen LogP contribution is -2.35. The molecule has 0 aliphatic rings. The maximum absolute atomic E-state index is 12.9. The lowest BCUT2D eigenvalue weighted by Gasteiger charge is -2.23. The molecule has 0 unspecified atom stereocenters. The number of anilines is 1.